The van der Waals surface area contributed by atoms with Crippen LogP contribution in [0.2, 0.25) is 0 Å². The molecule has 0 aliphatic heterocycles. The molecule has 6 nitrogen and oxygen atoms in total. The minimum Gasteiger partial charge on any atom is -0.342 e. The number of nitro benzene ring substituents is 1. The van der Waals surface area contributed by atoms with Gasteiger partial charge in [0.2, 0.25) is 5.91 Å². The van der Waals surface area contributed by atoms with Crippen LogP contribution in [0.1, 0.15) is 19.4 Å². The van der Waals surface area contributed by atoms with Gasteiger partial charge in [-0.3, -0.25) is 14.9 Å². The van der Waals surface area contributed by atoms with Crippen LogP contribution in [0.4, 0.5) is 5.69 Å². The molecule has 1 amide bonds. The first-order valence-electron chi connectivity index (χ1n) is 6.63. The summed E-state index contributed by atoms with van der Waals surface area (Å²) in [6.45, 7) is 5.05. The molecule has 0 aliphatic rings. The molecule has 0 unspecified atom stereocenters. The van der Waals surface area contributed by atoms with E-state index >= 15 is 0 Å². The largest absolute Gasteiger partial charge is 0.342 e. The smallest absolute Gasteiger partial charge is 0.269 e. The van der Waals surface area contributed by atoms with Gasteiger partial charge in [-0.2, -0.15) is 0 Å². The average Bonchev–Trinajstić information content (AvgIpc) is 2.44. The third kappa shape index (κ3) is 5.35. The molecule has 1 rings (SSSR count). The molecule has 2 N–H and O–H groups in total. The molecule has 0 spiro atoms. The van der Waals surface area contributed by atoms with Crippen molar-refractivity contribution in [3.63, 3.8) is 0 Å². The van der Waals surface area contributed by atoms with Crippen molar-refractivity contribution >= 4 is 17.7 Å². The number of carbonyl (C=O) groups is 1. The van der Waals surface area contributed by atoms with Gasteiger partial charge >= 0.3 is 0 Å². The molecule has 0 heterocycles. The van der Waals surface area contributed by atoms with Crippen molar-refractivity contribution < 1.29 is 9.72 Å². The molecule has 0 aliphatic carbocycles. The fourth-order valence-electron chi connectivity index (χ4n) is 1.79. The van der Waals surface area contributed by atoms with E-state index in [9.17, 15) is 14.9 Å². The van der Waals surface area contributed by atoms with E-state index in [1.165, 1.54) is 18.2 Å². The second-order valence-corrected chi connectivity index (χ2v) is 5.74. The van der Waals surface area contributed by atoms with E-state index < -0.39 is 4.92 Å². The van der Waals surface area contributed by atoms with Crippen molar-refractivity contribution in [3.05, 3.63) is 46.0 Å². The highest BCUT2D eigenvalue weighted by atomic mass is 16.6. The number of nitrogens with zero attached hydrogens (tertiary/aromatic N) is 2. The van der Waals surface area contributed by atoms with Gasteiger partial charge in [0.25, 0.3) is 5.69 Å². The van der Waals surface area contributed by atoms with Gasteiger partial charge in [0.1, 0.15) is 0 Å². The van der Waals surface area contributed by atoms with Gasteiger partial charge in [0.15, 0.2) is 0 Å². The summed E-state index contributed by atoms with van der Waals surface area (Å²) in [6, 6.07) is 6.02. The number of nitro groups is 1. The molecule has 1 aromatic carbocycles. The quantitative estimate of drug-likeness (QED) is 0.493. The molecule has 0 aromatic heterocycles. The first-order chi connectivity index (χ1) is 9.75. The van der Waals surface area contributed by atoms with Crippen molar-refractivity contribution in [1.29, 1.82) is 0 Å². The van der Waals surface area contributed by atoms with Crippen LogP contribution in [0.15, 0.2) is 30.3 Å². The summed E-state index contributed by atoms with van der Waals surface area (Å²) in [5.41, 5.74) is 6.28. The van der Waals surface area contributed by atoms with Crippen LogP contribution >= 0.6 is 0 Å². The van der Waals surface area contributed by atoms with E-state index in [4.69, 9.17) is 5.73 Å². The third-order valence-electron chi connectivity index (χ3n) is 3.12. The van der Waals surface area contributed by atoms with Crippen LogP contribution in [0.25, 0.3) is 6.08 Å². The van der Waals surface area contributed by atoms with Gasteiger partial charge in [0.05, 0.1) is 4.92 Å². The van der Waals surface area contributed by atoms with Gasteiger partial charge in [-0.15, -0.1) is 0 Å². The van der Waals surface area contributed by atoms with Gasteiger partial charge in [0, 0.05) is 31.8 Å². The topological polar surface area (TPSA) is 89.5 Å². The molecule has 0 saturated carbocycles. The maximum absolute atomic E-state index is 12.0. The van der Waals surface area contributed by atoms with Crippen molar-refractivity contribution in [3.8, 4) is 0 Å². The molecule has 0 saturated heterocycles. The Kier molecular flexibility index (Phi) is 5.60. The number of non-ortho nitro benzene ring substituents is 1. The Morgan fingerprint density at radius 3 is 2.43 bits per heavy atom. The minimum absolute atomic E-state index is 0.0280. The molecule has 6 heteroatoms. The maximum Gasteiger partial charge on any atom is 0.269 e. The van der Waals surface area contributed by atoms with Crippen LogP contribution in [-0.2, 0) is 4.79 Å². The number of hydrogen-bond acceptors (Lipinski definition) is 4. The number of rotatable bonds is 6. The molecule has 0 fully saturated rings. The summed E-state index contributed by atoms with van der Waals surface area (Å²) in [5, 5.41) is 10.5. The molecular weight excluding hydrogens is 270 g/mol. The fourth-order valence-corrected chi connectivity index (χ4v) is 1.79. The van der Waals surface area contributed by atoms with Crippen molar-refractivity contribution in [2.45, 2.75) is 13.8 Å². The first kappa shape index (κ1) is 16.8. The van der Waals surface area contributed by atoms with Crippen LogP contribution in [0.5, 0.6) is 0 Å². The number of nitrogens with two attached hydrogens (primary N) is 1. The summed E-state index contributed by atoms with van der Waals surface area (Å²) in [5.74, 6) is -0.130. The Morgan fingerprint density at radius 2 is 1.95 bits per heavy atom. The van der Waals surface area contributed by atoms with Crippen LogP contribution in [-0.4, -0.2) is 35.9 Å². The van der Waals surface area contributed by atoms with Gasteiger partial charge < -0.3 is 10.6 Å². The SMILES string of the molecule is CN(CC(C)(C)CN)C(=O)C=Cc1ccc([N+](=O)[O-])cc1. The van der Waals surface area contributed by atoms with Crippen molar-refractivity contribution in [2.24, 2.45) is 11.1 Å². The molecule has 114 valence electrons. The van der Waals surface area contributed by atoms with Crippen LogP contribution < -0.4 is 5.73 Å². The fraction of sp³-hybridized carbons (Fsp3) is 0.400. The van der Waals surface area contributed by atoms with E-state index in [-0.39, 0.29) is 17.0 Å². The van der Waals surface area contributed by atoms with Gasteiger partial charge in [-0.05, 0) is 35.7 Å². The van der Waals surface area contributed by atoms with Crippen molar-refractivity contribution in [2.75, 3.05) is 20.1 Å². The summed E-state index contributed by atoms with van der Waals surface area (Å²) in [4.78, 5) is 23.7. The van der Waals surface area contributed by atoms with E-state index in [0.717, 1.165) is 5.56 Å². The van der Waals surface area contributed by atoms with E-state index in [2.05, 4.69) is 0 Å². The highest BCUT2D eigenvalue weighted by molar-refractivity contribution is 5.91. The highest BCUT2D eigenvalue weighted by Crippen LogP contribution is 2.15. The number of hydrogen-bond donors (Lipinski definition) is 1. The zero-order valence-corrected chi connectivity index (χ0v) is 12.6. The zero-order chi connectivity index (χ0) is 16.0. The predicted octanol–water partition coefficient (Wildman–Crippen LogP) is 2.05. The second kappa shape index (κ2) is 6.99. The molecule has 0 bridgehead atoms. The lowest BCUT2D eigenvalue weighted by Gasteiger charge is -2.28. The summed E-state index contributed by atoms with van der Waals surface area (Å²) in [7, 11) is 1.72. The monoisotopic (exact) mass is 291 g/mol. The van der Waals surface area contributed by atoms with E-state index in [1.54, 1.807) is 30.2 Å². The van der Waals surface area contributed by atoms with Crippen molar-refractivity contribution in [1.82, 2.24) is 4.90 Å². The first-order valence-corrected chi connectivity index (χ1v) is 6.63. The minimum atomic E-state index is -0.457. The molecule has 21 heavy (non-hydrogen) atoms. The Balaban J connectivity index is 2.67. The van der Waals surface area contributed by atoms with Gasteiger partial charge in [-0.1, -0.05) is 13.8 Å². The van der Waals surface area contributed by atoms with Gasteiger partial charge in [-0.25, -0.2) is 0 Å². The van der Waals surface area contributed by atoms with Crippen LogP contribution in [0, 0.1) is 15.5 Å². The molecule has 0 radical (unpaired) electrons. The van der Waals surface area contributed by atoms with Crippen LogP contribution in [0.3, 0.4) is 0 Å². The second-order valence-electron chi connectivity index (χ2n) is 5.74. The Labute approximate surface area is 124 Å². The zero-order valence-electron chi connectivity index (χ0n) is 12.6. The Bertz CT molecular complexity index is 536. The number of carbonyl (C=O) groups excluding carboxylic acids is 1. The third-order valence-corrected chi connectivity index (χ3v) is 3.12. The predicted molar refractivity (Wildman–Crippen MR) is 82.6 cm³/mol. The van der Waals surface area contributed by atoms with E-state index in [0.29, 0.717) is 13.1 Å². The molecule has 1 aromatic rings. The maximum atomic E-state index is 12.0. The lowest BCUT2D eigenvalue weighted by Crippen LogP contribution is -2.39. The normalized spacial score (nSPS) is 11.6. The number of likely N-dealkylation sites (N-methyl/N-ethyl adjacent to an activating group) is 1. The summed E-state index contributed by atoms with van der Waals surface area (Å²) >= 11 is 0. The highest BCUT2D eigenvalue weighted by Gasteiger charge is 2.19. The average molecular weight is 291 g/mol. The number of benzene rings is 1. The number of amides is 1. The summed E-state index contributed by atoms with van der Waals surface area (Å²) in [6.07, 6.45) is 3.09. The standard InChI is InChI=1S/C15H21N3O3/c1-15(2,10-16)11-17(3)14(19)9-6-12-4-7-13(8-5-12)18(20)21/h4-9H,10-11,16H2,1-3H3. The molecule has 0 atom stereocenters. The Morgan fingerprint density at radius 1 is 1.38 bits per heavy atom. The summed E-state index contributed by atoms with van der Waals surface area (Å²) < 4.78 is 0. The lowest BCUT2D eigenvalue weighted by atomic mass is 9.93. The molecular formula is C15H21N3O3. The Hall–Kier alpha value is -2.21. The lowest BCUT2D eigenvalue weighted by molar-refractivity contribution is -0.384. The van der Waals surface area contributed by atoms with E-state index in [1.807, 2.05) is 13.8 Å².